The van der Waals surface area contributed by atoms with Crippen molar-refractivity contribution in [1.29, 1.82) is 0 Å². The fourth-order valence-corrected chi connectivity index (χ4v) is 4.45. The number of pyridine rings is 1. The van der Waals surface area contributed by atoms with Crippen molar-refractivity contribution in [2.45, 2.75) is 119 Å². The van der Waals surface area contributed by atoms with E-state index >= 15 is 0 Å². The minimum absolute atomic E-state index is 0.442. The van der Waals surface area contributed by atoms with Crippen LogP contribution < -0.4 is 0 Å². The summed E-state index contributed by atoms with van der Waals surface area (Å²) < 4.78 is 0. The summed E-state index contributed by atoms with van der Waals surface area (Å²) in [7, 11) is 0. The van der Waals surface area contributed by atoms with Crippen LogP contribution in [-0.4, -0.2) is 55.3 Å². The summed E-state index contributed by atoms with van der Waals surface area (Å²) in [5.41, 5.74) is 8.84. The van der Waals surface area contributed by atoms with E-state index < -0.39 is 0 Å². The van der Waals surface area contributed by atoms with E-state index in [1.807, 2.05) is 73.3 Å². The van der Waals surface area contributed by atoms with Gasteiger partial charge in [-0.3, -0.25) is 19.9 Å². The Labute approximate surface area is 346 Å². The summed E-state index contributed by atoms with van der Waals surface area (Å²) in [6.45, 7) is 25.5. The minimum Gasteiger partial charge on any atom is -0.264 e. The minimum atomic E-state index is 0.442. The molecule has 0 fully saturated rings. The first-order chi connectivity index (χ1) is 27.8. The molecule has 0 saturated heterocycles. The molecular weight excluding hydrogens is 719 g/mol. The normalized spacial score (nSPS) is 10.3. The van der Waals surface area contributed by atoms with E-state index in [-0.39, 0.29) is 0 Å². The van der Waals surface area contributed by atoms with Crippen molar-refractivity contribution >= 4 is 11.0 Å². The van der Waals surface area contributed by atoms with Gasteiger partial charge in [-0.2, -0.15) is 20.4 Å². The van der Waals surface area contributed by atoms with E-state index in [0.717, 1.165) is 28.1 Å². The molecule has 6 aromatic heterocycles. The molecule has 6 heterocycles. The van der Waals surface area contributed by atoms with Crippen LogP contribution in [-0.2, 0) is 0 Å². The Morgan fingerprint density at radius 3 is 1.34 bits per heavy atom. The molecular formula is C47H63N11. The van der Waals surface area contributed by atoms with Gasteiger partial charge in [-0.15, -0.1) is 0 Å². The van der Waals surface area contributed by atoms with Gasteiger partial charge in [-0.1, -0.05) is 101 Å². The lowest BCUT2D eigenvalue weighted by molar-refractivity contribution is 0.785. The molecule has 0 aliphatic rings. The fourth-order valence-electron chi connectivity index (χ4n) is 4.45. The highest BCUT2D eigenvalue weighted by molar-refractivity contribution is 5.73. The van der Waals surface area contributed by atoms with E-state index in [4.69, 9.17) is 0 Å². The lowest BCUT2D eigenvalue weighted by Crippen LogP contribution is -1.94. The van der Waals surface area contributed by atoms with E-state index in [0.29, 0.717) is 35.5 Å². The highest BCUT2D eigenvalue weighted by atomic mass is 15.1. The number of benzene rings is 1. The molecule has 0 aliphatic carbocycles. The SMILES string of the molecule is CC(C)c1cccnc1.CC(C)c1cccnn1.CC(C)c1ccnnc1.CC(C)c1cnc2ccccc2n1.CC(C)c1cnccn1.CC(C)c1cncnc1. The Bertz CT molecular complexity index is 1780. The second-order valence-corrected chi connectivity index (χ2v) is 15.1. The van der Waals surface area contributed by atoms with Gasteiger partial charge in [0.15, 0.2) is 0 Å². The predicted molar refractivity (Wildman–Crippen MR) is 236 cm³/mol. The molecule has 1 aromatic carbocycles. The third kappa shape index (κ3) is 19.8. The van der Waals surface area contributed by atoms with Crippen molar-refractivity contribution in [2.75, 3.05) is 0 Å². The summed E-state index contributed by atoms with van der Waals surface area (Å²) >= 11 is 0. The quantitative estimate of drug-likeness (QED) is 0.159. The number of hydrogen-bond acceptors (Lipinski definition) is 11. The highest BCUT2D eigenvalue weighted by Gasteiger charge is 2.02. The van der Waals surface area contributed by atoms with Crippen molar-refractivity contribution in [1.82, 2.24) is 55.3 Å². The summed E-state index contributed by atoms with van der Waals surface area (Å²) in [6, 6.07) is 17.9. The molecule has 0 radical (unpaired) electrons. The zero-order valence-corrected chi connectivity index (χ0v) is 36.5. The third-order valence-corrected chi connectivity index (χ3v) is 8.29. The van der Waals surface area contributed by atoms with Crippen molar-refractivity contribution in [3.63, 3.8) is 0 Å². The number of fused-ring (bicyclic) bond motifs is 1. The molecule has 0 unspecified atom stereocenters. The Morgan fingerprint density at radius 2 is 0.931 bits per heavy atom. The highest BCUT2D eigenvalue weighted by Crippen LogP contribution is 2.15. The van der Waals surface area contributed by atoms with Crippen molar-refractivity contribution in [3.8, 4) is 0 Å². The van der Waals surface area contributed by atoms with Crippen LogP contribution >= 0.6 is 0 Å². The molecule has 0 bridgehead atoms. The van der Waals surface area contributed by atoms with Gasteiger partial charge in [0, 0.05) is 62.0 Å². The first kappa shape index (κ1) is 48.2. The van der Waals surface area contributed by atoms with Crippen LogP contribution in [0.2, 0.25) is 0 Å². The van der Waals surface area contributed by atoms with E-state index in [1.54, 1.807) is 49.7 Å². The van der Waals surface area contributed by atoms with Crippen molar-refractivity contribution in [3.05, 3.63) is 163 Å². The maximum Gasteiger partial charge on any atom is 0.115 e. The average Bonchev–Trinajstić information content (AvgIpc) is 3.26. The maximum atomic E-state index is 4.51. The zero-order chi connectivity index (χ0) is 42.7. The molecule has 7 aromatic rings. The largest absolute Gasteiger partial charge is 0.264 e. The topological polar surface area (TPSA) is 142 Å². The Morgan fingerprint density at radius 1 is 0.345 bits per heavy atom. The maximum absolute atomic E-state index is 4.51. The lowest BCUT2D eigenvalue weighted by atomic mass is 10.1. The Kier molecular flexibility index (Phi) is 22.9. The van der Waals surface area contributed by atoms with Gasteiger partial charge in [-0.25, -0.2) is 15.0 Å². The molecule has 0 spiro atoms. The van der Waals surface area contributed by atoms with Crippen molar-refractivity contribution in [2.24, 2.45) is 0 Å². The molecule has 7 rings (SSSR count). The molecule has 0 aliphatic heterocycles. The van der Waals surface area contributed by atoms with Gasteiger partial charge >= 0.3 is 0 Å². The van der Waals surface area contributed by atoms with Crippen LogP contribution in [0.25, 0.3) is 11.0 Å². The van der Waals surface area contributed by atoms with Gasteiger partial charge in [0.25, 0.3) is 0 Å². The predicted octanol–water partition coefficient (Wildman–Crippen LogP) is 11.4. The van der Waals surface area contributed by atoms with Crippen LogP contribution in [0.4, 0.5) is 0 Å². The van der Waals surface area contributed by atoms with Crippen LogP contribution in [0, 0.1) is 0 Å². The second-order valence-electron chi connectivity index (χ2n) is 15.1. The van der Waals surface area contributed by atoms with Gasteiger partial charge in [0.2, 0.25) is 0 Å². The summed E-state index contributed by atoms with van der Waals surface area (Å²) in [5, 5.41) is 15.1. The van der Waals surface area contributed by atoms with Crippen molar-refractivity contribution < 1.29 is 0 Å². The van der Waals surface area contributed by atoms with Gasteiger partial charge in [0.05, 0.1) is 34.3 Å². The van der Waals surface area contributed by atoms with Crippen LogP contribution in [0.5, 0.6) is 0 Å². The number of rotatable bonds is 6. The molecule has 11 nitrogen and oxygen atoms in total. The number of para-hydroxylation sites is 2. The molecule has 11 heteroatoms. The average molecular weight is 782 g/mol. The van der Waals surface area contributed by atoms with E-state index in [1.165, 1.54) is 16.7 Å². The standard InChI is InChI=1S/C11H12N2.C8H11N.4C7H10N2/c1-8(2)11-7-12-9-5-3-4-6-10(9)13-11;1-7(2)8-4-3-5-9-6-8;1-6(2)7-3-8-5-9-4-7;1-6(2)7-5-8-3-4-9-7;1-6(2)7-3-4-8-9-5-7;1-6(2)7-4-3-5-8-9-7/h3-8H,1-2H3;3-7H,1-2H3;4*3-6H,1-2H3. The smallest absolute Gasteiger partial charge is 0.115 e. The van der Waals surface area contributed by atoms with E-state index in [9.17, 15) is 0 Å². The fraction of sp³-hybridized carbons (Fsp3) is 0.383. The van der Waals surface area contributed by atoms with Crippen LogP contribution in [0.15, 0.2) is 129 Å². The van der Waals surface area contributed by atoms with Crippen LogP contribution in [0.3, 0.4) is 0 Å². The first-order valence-corrected chi connectivity index (χ1v) is 20.0. The lowest BCUT2D eigenvalue weighted by Gasteiger charge is -2.04. The number of nitrogens with zero attached hydrogens (tertiary/aromatic N) is 11. The summed E-state index contributed by atoms with van der Waals surface area (Å²) in [5.74, 6) is 3.10. The molecule has 58 heavy (non-hydrogen) atoms. The Hall–Kier alpha value is -5.97. The summed E-state index contributed by atoms with van der Waals surface area (Å²) in [4.78, 5) is 28.7. The number of aromatic nitrogens is 11. The first-order valence-electron chi connectivity index (χ1n) is 20.0. The molecule has 0 amide bonds. The van der Waals surface area contributed by atoms with Gasteiger partial charge in [0.1, 0.15) is 6.33 Å². The monoisotopic (exact) mass is 782 g/mol. The zero-order valence-electron chi connectivity index (χ0n) is 36.5. The molecule has 0 atom stereocenters. The summed E-state index contributed by atoms with van der Waals surface area (Å²) in [6.07, 6.45) is 21.2. The molecule has 306 valence electrons. The molecule has 0 N–H and O–H groups in total. The van der Waals surface area contributed by atoms with E-state index in [2.05, 4.69) is 144 Å². The van der Waals surface area contributed by atoms with Gasteiger partial charge in [-0.05, 0) is 88.6 Å². The van der Waals surface area contributed by atoms with Gasteiger partial charge < -0.3 is 0 Å². The molecule has 0 saturated carbocycles. The number of hydrogen-bond donors (Lipinski definition) is 0. The Balaban J connectivity index is 0.000000242. The second kappa shape index (κ2) is 27.6. The third-order valence-electron chi connectivity index (χ3n) is 8.29. The van der Waals surface area contributed by atoms with Crippen LogP contribution in [0.1, 0.15) is 152 Å².